The SMILES string of the molecule is CCCCCCCCCCOCCCCCCCCCC.N.O=P(O)(O)O. The Morgan fingerprint density at radius 1 is 0.556 bits per heavy atom. The quantitative estimate of drug-likeness (QED) is 0.150. The Morgan fingerprint density at radius 2 is 0.778 bits per heavy atom. The first-order valence-electron chi connectivity index (χ1n) is 10.8. The fourth-order valence-electron chi connectivity index (χ4n) is 2.78. The van der Waals surface area contributed by atoms with Crippen LogP contribution in [0.5, 0.6) is 0 Å². The molecule has 27 heavy (non-hydrogen) atoms. The molecule has 0 rings (SSSR count). The van der Waals surface area contributed by atoms with Crippen molar-refractivity contribution in [3.8, 4) is 0 Å². The van der Waals surface area contributed by atoms with E-state index in [1.165, 1.54) is 103 Å². The molecule has 0 radical (unpaired) electrons. The van der Waals surface area contributed by atoms with Crippen LogP contribution in [0.15, 0.2) is 0 Å². The van der Waals surface area contributed by atoms with Crippen molar-refractivity contribution in [1.82, 2.24) is 6.15 Å². The van der Waals surface area contributed by atoms with Crippen LogP contribution < -0.4 is 6.15 Å². The fourth-order valence-corrected chi connectivity index (χ4v) is 2.78. The standard InChI is InChI=1S/C20H42O.H3N.H3O4P/c1-3-5-7-9-11-13-15-17-19-21-20-18-16-14-12-10-8-6-4-2;;1-5(2,3)4/h3-20H2,1-2H3;1H3;(H3,1,2,3,4). The highest BCUT2D eigenvalue weighted by Gasteiger charge is 2.00. The number of rotatable bonds is 18. The summed E-state index contributed by atoms with van der Waals surface area (Å²) in [6, 6.07) is 0. The normalized spacial score (nSPS) is 10.9. The number of ether oxygens (including phenoxy) is 1. The third-order valence-corrected chi connectivity index (χ3v) is 4.28. The Balaban J connectivity index is -0.000000844. The largest absolute Gasteiger partial charge is 0.466 e. The molecule has 0 aliphatic rings. The third-order valence-electron chi connectivity index (χ3n) is 4.28. The predicted molar refractivity (Wildman–Crippen MR) is 115 cm³/mol. The smallest absolute Gasteiger partial charge is 0.381 e. The van der Waals surface area contributed by atoms with Crippen molar-refractivity contribution in [2.75, 3.05) is 13.2 Å². The first-order valence-corrected chi connectivity index (χ1v) is 12.3. The molecule has 6 nitrogen and oxygen atoms in total. The lowest BCUT2D eigenvalue weighted by Gasteiger charge is -2.05. The van der Waals surface area contributed by atoms with Crippen LogP contribution in [0.3, 0.4) is 0 Å². The van der Waals surface area contributed by atoms with E-state index in [1.54, 1.807) is 0 Å². The molecular formula is C20H48NO5P. The Morgan fingerprint density at radius 3 is 1.04 bits per heavy atom. The highest BCUT2D eigenvalue weighted by Crippen LogP contribution is 2.25. The van der Waals surface area contributed by atoms with Gasteiger partial charge in [0.1, 0.15) is 0 Å². The molecule has 0 heterocycles. The van der Waals surface area contributed by atoms with Crippen LogP contribution >= 0.6 is 7.82 Å². The summed E-state index contributed by atoms with van der Waals surface area (Å²) in [5, 5.41) is 0. The van der Waals surface area contributed by atoms with E-state index >= 15 is 0 Å². The molecule has 0 saturated heterocycles. The van der Waals surface area contributed by atoms with Crippen molar-refractivity contribution in [3.63, 3.8) is 0 Å². The van der Waals surface area contributed by atoms with E-state index in [1.807, 2.05) is 0 Å². The number of hydrogen-bond donors (Lipinski definition) is 4. The molecule has 0 unspecified atom stereocenters. The average molecular weight is 414 g/mol. The van der Waals surface area contributed by atoms with Gasteiger partial charge in [0.25, 0.3) is 0 Å². The van der Waals surface area contributed by atoms with Crippen molar-refractivity contribution in [1.29, 1.82) is 0 Å². The Hall–Kier alpha value is 0.0300. The van der Waals surface area contributed by atoms with Crippen molar-refractivity contribution < 1.29 is 24.0 Å². The van der Waals surface area contributed by atoms with Crippen molar-refractivity contribution in [2.24, 2.45) is 0 Å². The topological polar surface area (TPSA) is 122 Å². The number of hydrogen-bond acceptors (Lipinski definition) is 3. The Bertz CT molecular complexity index is 274. The minimum Gasteiger partial charge on any atom is -0.381 e. The summed E-state index contributed by atoms with van der Waals surface area (Å²) in [4.78, 5) is 21.6. The zero-order chi connectivity index (χ0) is 19.9. The average Bonchev–Trinajstić information content (AvgIpc) is 2.56. The van der Waals surface area contributed by atoms with Gasteiger partial charge >= 0.3 is 7.82 Å². The van der Waals surface area contributed by atoms with Crippen LogP contribution in [-0.4, -0.2) is 27.9 Å². The van der Waals surface area contributed by atoms with Gasteiger partial charge in [0.05, 0.1) is 0 Å². The molecule has 0 spiro atoms. The van der Waals surface area contributed by atoms with Crippen molar-refractivity contribution in [2.45, 2.75) is 117 Å². The highest BCUT2D eigenvalue weighted by atomic mass is 31.2. The zero-order valence-corrected chi connectivity index (χ0v) is 18.9. The first kappa shape index (κ1) is 31.7. The lowest BCUT2D eigenvalue weighted by atomic mass is 10.1. The molecule has 0 aromatic rings. The highest BCUT2D eigenvalue weighted by molar-refractivity contribution is 7.45. The molecule has 7 heteroatoms. The van der Waals surface area contributed by atoms with Crippen LogP contribution in [0, 0.1) is 0 Å². The molecule has 0 fully saturated rings. The first-order chi connectivity index (χ1) is 12.4. The second kappa shape index (κ2) is 26.0. The number of unbranched alkanes of at least 4 members (excludes halogenated alkanes) is 14. The minimum atomic E-state index is -4.64. The third kappa shape index (κ3) is 46.2. The van der Waals surface area contributed by atoms with Gasteiger partial charge in [0.2, 0.25) is 0 Å². The molecule has 0 aliphatic carbocycles. The van der Waals surface area contributed by atoms with E-state index in [9.17, 15) is 0 Å². The van der Waals surface area contributed by atoms with Gasteiger partial charge < -0.3 is 25.6 Å². The molecule has 0 atom stereocenters. The molecule has 6 N–H and O–H groups in total. The van der Waals surface area contributed by atoms with Crippen LogP contribution in [0.25, 0.3) is 0 Å². The van der Waals surface area contributed by atoms with Crippen LogP contribution in [0.2, 0.25) is 0 Å². The summed E-state index contributed by atoms with van der Waals surface area (Å²) in [5.74, 6) is 0. The second-order valence-corrected chi connectivity index (χ2v) is 8.10. The van der Waals surface area contributed by atoms with E-state index in [0.29, 0.717) is 0 Å². The summed E-state index contributed by atoms with van der Waals surface area (Å²) < 4.78 is 14.6. The fraction of sp³-hybridized carbons (Fsp3) is 1.00. The monoisotopic (exact) mass is 413 g/mol. The molecule has 0 saturated carbocycles. The summed E-state index contributed by atoms with van der Waals surface area (Å²) >= 11 is 0. The molecule has 0 bridgehead atoms. The Labute approximate surface area is 168 Å². The molecule has 0 amide bonds. The summed E-state index contributed by atoms with van der Waals surface area (Å²) in [6.07, 6.45) is 22.2. The number of phosphoric acid groups is 1. The van der Waals surface area contributed by atoms with E-state index in [2.05, 4.69) is 13.8 Å². The van der Waals surface area contributed by atoms with E-state index in [4.69, 9.17) is 24.0 Å². The van der Waals surface area contributed by atoms with Gasteiger partial charge in [-0.1, -0.05) is 104 Å². The van der Waals surface area contributed by atoms with Gasteiger partial charge in [-0.2, -0.15) is 0 Å². The van der Waals surface area contributed by atoms with Crippen LogP contribution in [0.1, 0.15) is 117 Å². The summed E-state index contributed by atoms with van der Waals surface area (Å²) in [5.41, 5.74) is 0. The molecule has 0 aromatic carbocycles. The van der Waals surface area contributed by atoms with Gasteiger partial charge in [0, 0.05) is 13.2 Å². The Kier molecular flexibility index (Phi) is 30.6. The van der Waals surface area contributed by atoms with Crippen molar-refractivity contribution in [3.05, 3.63) is 0 Å². The minimum absolute atomic E-state index is 0. The lowest BCUT2D eigenvalue weighted by Crippen LogP contribution is -1.97. The van der Waals surface area contributed by atoms with E-state index < -0.39 is 7.82 Å². The molecule has 168 valence electrons. The van der Waals surface area contributed by atoms with Gasteiger partial charge in [-0.3, -0.25) is 0 Å². The lowest BCUT2D eigenvalue weighted by molar-refractivity contribution is 0.125. The maximum atomic E-state index is 8.88. The van der Waals surface area contributed by atoms with E-state index in [0.717, 1.165) is 13.2 Å². The predicted octanol–water partition coefficient (Wildman–Crippen LogP) is 6.52. The molecular weight excluding hydrogens is 365 g/mol. The zero-order valence-electron chi connectivity index (χ0n) is 18.0. The van der Waals surface area contributed by atoms with E-state index in [-0.39, 0.29) is 6.15 Å². The van der Waals surface area contributed by atoms with Crippen molar-refractivity contribution >= 4 is 7.82 Å². The van der Waals surface area contributed by atoms with Crippen LogP contribution in [0.4, 0.5) is 0 Å². The second-order valence-electron chi connectivity index (χ2n) is 7.08. The van der Waals surface area contributed by atoms with Gasteiger partial charge in [0.15, 0.2) is 0 Å². The molecule has 0 aliphatic heterocycles. The maximum Gasteiger partial charge on any atom is 0.466 e. The molecule has 0 aromatic heterocycles. The summed E-state index contributed by atoms with van der Waals surface area (Å²) in [7, 11) is -4.64. The van der Waals surface area contributed by atoms with Crippen LogP contribution in [-0.2, 0) is 9.30 Å². The summed E-state index contributed by atoms with van der Waals surface area (Å²) in [6.45, 7) is 6.55. The van der Waals surface area contributed by atoms with Gasteiger partial charge in [-0.25, -0.2) is 4.57 Å². The van der Waals surface area contributed by atoms with Gasteiger partial charge in [-0.15, -0.1) is 0 Å². The van der Waals surface area contributed by atoms with Gasteiger partial charge in [-0.05, 0) is 12.8 Å². The maximum absolute atomic E-state index is 8.88.